The van der Waals surface area contributed by atoms with Gasteiger partial charge in [0.25, 0.3) is 0 Å². The summed E-state index contributed by atoms with van der Waals surface area (Å²) in [5, 5.41) is 2.81. The van der Waals surface area contributed by atoms with Gasteiger partial charge in [0.1, 0.15) is 12.6 Å². The van der Waals surface area contributed by atoms with E-state index in [1.165, 1.54) is 0 Å². The zero-order valence-corrected chi connectivity index (χ0v) is 12.2. The fourth-order valence-electron chi connectivity index (χ4n) is 2.45. The number of hydrogen-bond donors (Lipinski definition) is 1. The van der Waals surface area contributed by atoms with Gasteiger partial charge in [-0.15, -0.1) is 0 Å². The number of nitrogens with zero attached hydrogens (tertiary/aromatic N) is 1. The van der Waals surface area contributed by atoms with E-state index in [1.54, 1.807) is 4.90 Å². The van der Waals surface area contributed by atoms with E-state index in [-0.39, 0.29) is 24.4 Å². The van der Waals surface area contributed by atoms with Crippen LogP contribution in [0.1, 0.15) is 18.4 Å². The highest BCUT2D eigenvalue weighted by Crippen LogP contribution is 2.36. The van der Waals surface area contributed by atoms with Crippen molar-refractivity contribution in [1.29, 1.82) is 0 Å². The third-order valence-corrected chi connectivity index (χ3v) is 4.27. The van der Waals surface area contributed by atoms with Crippen molar-refractivity contribution in [2.45, 2.75) is 25.8 Å². The normalized spacial score (nSPS) is 23.5. The average molecular weight is 323 g/mol. The summed E-state index contributed by atoms with van der Waals surface area (Å²) in [6.07, 6.45) is 2.05. The first-order chi connectivity index (χ1) is 9.06. The molecule has 1 aliphatic carbocycles. The molecule has 0 aromatic heterocycles. The van der Waals surface area contributed by atoms with Crippen molar-refractivity contribution in [1.82, 2.24) is 5.32 Å². The van der Waals surface area contributed by atoms with Gasteiger partial charge >= 0.3 is 0 Å². The zero-order chi connectivity index (χ0) is 13.6. The molecular weight excluding hydrogens is 308 g/mol. The summed E-state index contributed by atoms with van der Waals surface area (Å²) < 4.78 is 0.852. The number of hydrogen-bond acceptors (Lipinski definition) is 2. The van der Waals surface area contributed by atoms with Gasteiger partial charge in [0.15, 0.2) is 0 Å². The molecule has 2 amide bonds. The summed E-state index contributed by atoms with van der Waals surface area (Å²) in [6.45, 7) is 2.09. The van der Waals surface area contributed by atoms with Crippen molar-refractivity contribution in [2.24, 2.45) is 5.92 Å². The van der Waals surface area contributed by atoms with Crippen molar-refractivity contribution < 1.29 is 9.59 Å². The maximum Gasteiger partial charge on any atom is 0.250 e. The molecule has 5 heteroatoms. The van der Waals surface area contributed by atoms with Gasteiger partial charge in [0.05, 0.1) is 5.69 Å². The van der Waals surface area contributed by atoms with E-state index >= 15 is 0 Å². The van der Waals surface area contributed by atoms with Crippen LogP contribution in [-0.2, 0) is 9.59 Å². The fraction of sp³-hybridized carbons (Fsp3) is 0.429. The first-order valence-corrected chi connectivity index (χ1v) is 7.22. The number of anilines is 1. The van der Waals surface area contributed by atoms with Crippen LogP contribution in [0, 0.1) is 12.8 Å². The number of rotatable bonds is 2. The van der Waals surface area contributed by atoms with Crippen LogP contribution in [0.5, 0.6) is 0 Å². The van der Waals surface area contributed by atoms with Gasteiger partial charge in [-0.3, -0.25) is 9.59 Å². The number of carbonyl (C=O) groups is 2. The summed E-state index contributed by atoms with van der Waals surface area (Å²) in [7, 11) is 0. The maximum atomic E-state index is 12.5. The standard InChI is InChI=1S/C14H15BrN2O2/c1-8-2-5-11(10(15)6-8)17-7-12(18)16-13(14(17)19)9-3-4-9/h2,5-6,9,13H,3-4,7H2,1H3,(H,16,18). The summed E-state index contributed by atoms with van der Waals surface area (Å²) >= 11 is 3.48. The second kappa shape index (κ2) is 4.63. The van der Waals surface area contributed by atoms with Crippen LogP contribution in [0.15, 0.2) is 22.7 Å². The van der Waals surface area contributed by atoms with E-state index in [1.807, 2.05) is 25.1 Å². The highest BCUT2D eigenvalue weighted by Gasteiger charge is 2.43. The Morgan fingerprint density at radius 2 is 2.05 bits per heavy atom. The Hall–Kier alpha value is -1.36. The monoisotopic (exact) mass is 322 g/mol. The number of halogens is 1. The van der Waals surface area contributed by atoms with Crippen LogP contribution in [0.25, 0.3) is 0 Å². The molecule has 1 saturated carbocycles. The molecule has 1 unspecified atom stereocenters. The molecule has 2 aliphatic rings. The predicted molar refractivity (Wildman–Crippen MR) is 75.9 cm³/mol. The SMILES string of the molecule is Cc1ccc(N2CC(=O)NC(C3CC3)C2=O)c(Br)c1. The Morgan fingerprint density at radius 1 is 1.32 bits per heavy atom. The van der Waals surface area contributed by atoms with Crippen LogP contribution < -0.4 is 10.2 Å². The zero-order valence-electron chi connectivity index (χ0n) is 10.6. The smallest absolute Gasteiger partial charge is 0.250 e. The highest BCUT2D eigenvalue weighted by atomic mass is 79.9. The molecule has 1 heterocycles. The first-order valence-electron chi connectivity index (χ1n) is 6.43. The van der Waals surface area contributed by atoms with Gasteiger partial charge < -0.3 is 10.2 Å². The second-order valence-corrected chi connectivity index (χ2v) is 6.12. The Kier molecular flexibility index (Phi) is 3.09. The molecule has 1 aliphatic heterocycles. The minimum absolute atomic E-state index is 0.00616. The summed E-state index contributed by atoms with van der Waals surface area (Å²) in [4.78, 5) is 25.9. The van der Waals surface area contributed by atoms with Crippen molar-refractivity contribution in [3.8, 4) is 0 Å². The lowest BCUT2D eigenvalue weighted by Gasteiger charge is -2.33. The van der Waals surface area contributed by atoms with E-state index in [0.29, 0.717) is 5.92 Å². The largest absolute Gasteiger partial charge is 0.342 e. The minimum atomic E-state index is -0.338. The van der Waals surface area contributed by atoms with Crippen molar-refractivity contribution >= 4 is 33.4 Å². The molecule has 100 valence electrons. The van der Waals surface area contributed by atoms with E-state index < -0.39 is 0 Å². The molecule has 1 saturated heterocycles. The number of carbonyl (C=O) groups excluding carboxylic acids is 2. The number of aryl methyl sites for hydroxylation is 1. The van der Waals surface area contributed by atoms with Crippen LogP contribution >= 0.6 is 15.9 Å². The molecule has 0 radical (unpaired) electrons. The minimum Gasteiger partial charge on any atom is -0.342 e. The Labute approximate surface area is 120 Å². The van der Waals surface area contributed by atoms with Crippen LogP contribution in [0.2, 0.25) is 0 Å². The molecule has 0 bridgehead atoms. The molecule has 1 aromatic rings. The Balaban J connectivity index is 1.93. The number of nitrogens with one attached hydrogen (secondary N) is 1. The second-order valence-electron chi connectivity index (χ2n) is 5.26. The van der Waals surface area contributed by atoms with Gasteiger partial charge in [-0.2, -0.15) is 0 Å². The van der Waals surface area contributed by atoms with Gasteiger partial charge in [0, 0.05) is 4.47 Å². The topological polar surface area (TPSA) is 49.4 Å². The molecule has 1 atom stereocenters. The molecule has 2 fully saturated rings. The Bertz CT molecular complexity index is 554. The Morgan fingerprint density at radius 3 is 2.68 bits per heavy atom. The highest BCUT2D eigenvalue weighted by molar-refractivity contribution is 9.10. The lowest BCUT2D eigenvalue weighted by molar-refractivity contribution is -0.131. The van der Waals surface area contributed by atoms with Gasteiger partial charge in [-0.1, -0.05) is 6.07 Å². The quantitative estimate of drug-likeness (QED) is 0.905. The average Bonchev–Trinajstić information content (AvgIpc) is 3.16. The molecule has 0 spiro atoms. The molecule has 1 aromatic carbocycles. The number of piperazine rings is 1. The molecule has 1 N–H and O–H groups in total. The van der Waals surface area contributed by atoms with Gasteiger partial charge in [-0.25, -0.2) is 0 Å². The van der Waals surface area contributed by atoms with Crippen molar-refractivity contribution in [2.75, 3.05) is 11.4 Å². The third-order valence-electron chi connectivity index (χ3n) is 3.64. The van der Waals surface area contributed by atoms with Crippen LogP contribution in [-0.4, -0.2) is 24.4 Å². The fourth-order valence-corrected chi connectivity index (χ4v) is 3.16. The van der Waals surface area contributed by atoms with E-state index in [9.17, 15) is 9.59 Å². The van der Waals surface area contributed by atoms with Crippen LogP contribution in [0.3, 0.4) is 0 Å². The molecular formula is C14H15BrN2O2. The van der Waals surface area contributed by atoms with Gasteiger partial charge in [-0.05, 0) is 59.3 Å². The summed E-state index contributed by atoms with van der Waals surface area (Å²) in [6, 6.07) is 5.46. The number of benzene rings is 1. The van der Waals surface area contributed by atoms with Crippen LogP contribution in [0.4, 0.5) is 5.69 Å². The molecule has 4 nitrogen and oxygen atoms in total. The maximum absolute atomic E-state index is 12.5. The predicted octanol–water partition coefficient (Wildman–Crippen LogP) is 2.00. The third kappa shape index (κ3) is 2.39. The summed E-state index contributed by atoms with van der Waals surface area (Å²) in [5.74, 6) is 0.249. The lowest BCUT2D eigenvalue weighted by Crippen LogP contribution is -2.59. The first kappa shape index (κ1) is 12.7. The van der Waals surface area contributed by atoms with E-state index in [4.69, 9.17) is 0 Å². The van der Waals surface area contributed by atoms with Crippen molar-refractivity contribution in [3.63, 3.8) is 0 Å². The van der Waals surface area contributed by atoms with Gasteiger partial charge in [0.2, 0.25) is 11.8 Å². The summed E-state index contributed by atoms with van der Waals surface area (Å²) in [5.41, 5.74) is 1.89. The molecule has 3 rings (SSSR count). The van der Waals surface area contributed by atoms with Crippen molar-refractivity contribution in [3.05, 3.63) is 28.2 Å². The van der Waals surface area contributed by atoms with E-state index in [2.05, 4.69) is 21.2 Å². The van der Waals surface area contributed by atoms with E-state index in [0.717, 1.165) is 28.6 Å². The lowest BCUT2D eigenvalue weighted by atomic mass is 10.1. The number of amides is 2. The molecule has 19 heavy (non-hydrogen) atoms.